The van der Waals surface area contributed by atoms with Gasteiger partial charge in [0, 0.05) is 6.42 Å². The molecule has 0 spiro atoms. The van der Waals surface area contributed by atoms with Gasteiger partial charge in [-0.1, -0.05) is 0 Å². The summed E-state index contributed by atoms with van der Waals surface area (Å²) in [6.45, 7) is 0. The molecule has 0 saturated heterocycles. The molecule has 0 aromatic carbocycles. The summed E-state index contributed by atoms with van der Waals surface area (Å²) < 4.78 is 36.5. The largest absolute Gasteiger partial charge is 0.306 e. The molecule has 1 rings (SSSR count). The second-order valence-electron chi connectivity index (χ2n) is 2.05. The van der Waals surface area contributed by atoms with Gasteiger partial charge in [-0.3, -0.25) is 0 Å². The van der Waals surface area contributed by atoms with E-state index in [0.29, 0.717) is 0 Å². The van der Waals surface area contributed by atoms with Crippen LogP contribution in [0.2, 0.25) is 0 Å². The lowest BCUT2D eigenvalue weighted by molar-refractivity contribution is -0.155. The number of halogens is 4. The highest BCUT2D eigenvalue weighted by Crippen LogP contribution is 2.54. The SMILES string of the molecule is FC1(S)CC(Cl)C1(F)F. The van der Waals surface area contributed by atoms with Crippen LogP contribution in [-0.4, -0.2) is 16.3 Å². The summed E-state index contributed by atoms with van der Waals surface area (Å²) in [5.74, 6) is -3.46. The van der Waals surface area contributed by atoms with Crippen molar-refractivity contribution >= 4 is 24.2 Å². The lowest BCUT2D eigenvalue weighted by Crippen LogP contribution is -2.59. The molecule has 0 N–H and O–H groups in total. The fourth-order valence-electron chi connectivity index (χ4n) is 0.611. The number of alkyl halides is 4. The van der Waals surface area contributed by atoms with E-state index >= 15 is 0 Å². The van der Waals surface area contributed by atoms with Gasteiger partial charge in [-0.25, -0.2) is 13.2 Å². The second kappa shape index (κ2) is 1.72. The van der Waals surface area contributed by atoms with Crippen molar-refractivity contribution in [2.75, 3.05) is 0 Å². The molecule has 9 heavy (non-hydrogen) atoms. The van der Waals surface area contributed by atoms with Crippen molar-refractivity contribution in [2.24, 2.45) is 0 Å². The second-order valence-corrected chi connectivity index (χ2v) is 3.29. The van der Waals surface area contributed by atoms with Crippen molar-refractivity contribution in [3.05, 3.63) is 0 Å². The monoisotopic (exact) mass is 176 g/mol. The van der Waals surface area contributed by atoms with Gasteiger partial charge in [-0.2, -0.15) is 0 Å². The molecule has 1 saturated carbocycles. The van der Waals surface area contributed by atoms with E-state index in [1.807, 2.05) is 0 Å². The van der Waals surface area contributed by atoms with Gasteiger partial charge in [0.05, 0.1) is 0 Å². The molecule has 0 bridgehead atoms. The summed E-state index contributed by atoms with van der Waals surface area (Å²) in [6.07, 6.45) is -0.384. The lowest BCUT2D eigenvalue weighted by Gasteiger charge is -2.42. The molecule has 0 aromatic heterocycles. The van der Waals surface area contributed by atoms with E-state index in [2.05, 4.69) is 12.6 Å². The number of hydrogen-bond acceptors (Lipinski definition) is 1. The van der Waals surface area contributed by atoms with E-state index in [9.17, 15) is 13.2 Å². The fraction of sp³-hybridized carbons (Fsp3) is 1.00. The summed E-state index contributed by atoms with van der Waals surface area (Å²) in [5, 5.41) is -4.07. The van der Waals surface area contributed by atoms with Crippen molar-refractivity contribution in [2.45, 2.75) is 22.7 Å². The van der Waals surface area contributed by atoms with E-state index in [-0.39, 0.29) is 6.42 Å². The molecule has 0 aromatic rings. The quantitative estimate of drug-likeness (QED) is 0.425. The summed E-state index contributed by atoms with van der Waals surface area (Å²) in [5.41, 5.74) is 0. The molecular formula is C4H4ClF3S. The van der Waals surface area contributed by atoms with Crippen molar-refractivity contribution in [3.63, 3.8) is 0 Å². The molecule has 0 aliphatic heterocycles. The van der Waals surface area contributed by atoms with E-state index in [1.165, 1.54) is 0 Å². The molecule has 54 valence electrons. The highest BCUT2D eigenvalue weighted by molar-refractivity contribution is 7.81. The lowest BCUT2D eigenvalue weighted by atomic mass is 9.90. The Hall–Kier alpha value is 0.430. The maximum atomic E-state index is 12.3. The summed E-state index contributed by atoms with van der Waals surface area (Å²) in [6, 6.07) is 0. The van der Waals surface area contributed by atoms with Crippen LogP contribution in [0.25, 0.3) is 0 Å². The Balaban J connectivity index is 2.70. The van der Waals surface area contributed by atoms with Gasteiger partial charge in [-0.15, -0.1) is 24.2 Å². The first-order chi connectivity index (χ1) is 3.88. The average molecular weight is 177 g/mol. The topological polar surface area (TPSA) is 0 Å². The highest BCUT2D eigenvalue weighted by Gasteiger charge is 2.68. The Bertz CT molecular complexity index is 136. The fourth-order valence-corrected chi connectivity index (χ4v) is 1.52. The first-order valence-electron chi connectivity index (χ1n) is 2.31. The van der Waals surface area contributed by atoms with Gasteiger partial charge in [0.15, 0.2) is 0 Å². The van der Waals surface area contributed by atoms with Crippen LogP contribution in [0.3, 0.4) is 0 Å². The smallest absolute Gasteiger partial charge is 0.225 e. The molecule has 1 fully saturated rings. The Morgan fingerprint density at radius 3 is 1.89 bits per heavy atom. The summed E-state index contributed by atoms with van der Waals surface area (Å²) in [7, 11) is 0. The zero-order chi connectivity index (χ0) is 7.28. The zero-order valence-corrected chi connectivity index (χ0v) is 5.89. The Kier molecular flexibility index (Phi) is 1.44. The molecule has 5 heteroatoms. The molecule has 0 nitrogen and oxygen atoms in total. The molecule has 2 unspecified atom stereocenters. The van der Waals surface area contributed by atoms with Gasteiger partial charge in [0.2, 0.25) is 5.00 Å². The number of thiol groups is 1. The van der Waals surface area contributed by atoms with Crippen molar-refractivity contribution < 1.29 is 13.2 Å². The van der Waals surface area contributed by atoms with Crippen LogP contribution in [-0.2, 0) is 0 Å². The van der Waals surface area contributed by atoms with E-state index in [1.54, 1.807) is 0 Å². The molecular weight excluding hydrogens is 173 g/mol. The van der Waals surface area contributed by atoms with E-state index in [4.69, 9.17) is 11.6 Å². The van der Waals surface area contributed by atoms with Crippen LogP contribution in [0.1, 0.15) is 6.42 Å². The minimum atomic E-state index is -3.46. The summed E-state index contributed by atoms with van der Waals surface area (Å²) >= 11 is 8.07. The minimum Gasteiger partial charge on any atom is -0.225 e. The minimum absolute atomic E-state index is 0.384. The van der Waals surface area contributed by atoms with Crippen molar-refractivity contribution in [3.8, 4) is 0 Å². The Labute approximate surface area is 60.8 Å². The number of rotatable bonds is 0. The van der Waals surface area contributed by atoms with Gasteiger partial charge in [0.1, 0.15) is 5.38 Å². The van der Waals surface area contributed by atoms with Crippen molar-refractivity contribution in [1.29, 1.82) is 0 Å². The third-order valence-electron chi connectivity index (χ3n) is 1.35. The standard InChI is InChI=1S/C4H4ClF3S/c5-2-1-3(6,9)4(2,7)8/h2,9H,1H2. The molecule has 1 aliphatic rings. The van der Waals surface area contributed by atoms with Gasteiger partial charge < -0.3 is 0 Å². The maximum absolute atomic E-state index is 12.3. The molecule has 0 radical (unpaired) electrons. The van der Waals surface area contributed by atoms with Gasteiger partial charge in [-0.05, 0) is 0 Å². The molecule has 2 atom stereocenters. The highest BCUT2D eigenvalue weighted by atomic mass is 35.5. The Morgan fingerprint density at radius 1 is 1.44 bits per heavy atom. The van der Waals surface area contributed by atoms with Crippen LogP contribution >= 0.6 is 24.2 Å². The van der Waals surface area contributed by atoms with Gasteiger partial charge >= 0.3 is 5.92 Å². The first kappa shape index (κ1) is 7.54. The molecule has 1 aliphatic carbocycles. The third kappa shape index (κ3) is 0.835. The van der Waals surface area contributed by atoms with Crippen LogP contribution in [0.4, 0.5) is 13.2 Å². The first-order valence-corrected chi connectivity index (χ1v) is 3.19. The van der Waals surface area contributed by atoms with Crippen LogP contribution in [0, 0.1) is 0 Å². The third-order valence-corrected chi connectivity index (χ3v) is 2.26. The maximum Gasteiger partial charge on any atom is 0.306 e. The van der Waals surface area contributed by atoms with Crippen LogP contribution < -0.4 is 0 Å². The zero-order valence-electron chi connectivity index (χ0n) is 4.24. The van der Waals surface area contributed by atoms with Crippen LogP contribution in [0.15, 0.2) is 0 Å². The predicted octanol–water partition coefficient (Wildman–Crippen LogP) is 2.23. The van der Waals surface area contributed by atoms with E-state index < -0.39 is 16.3 Å². The average Bonchev–Trinajstić information content (AvgIpc) is 1.65. The predicted molar refractivity (Wildman–Crippen MR) is 32.0 cm³/mol. The molecule has 0 heterocycles. The van der Waals surface area contributed by atoms with Crippen LogP contribution in [0.5, 0.6) is 0 Å². The van der Waals surface area contributed by atoms with E-state index in [0.717, 1.165) is 0 Å². The normalized spacial score (nSPS) is 48.3. The Morgan fingerprint density at radius 2 is 1.89 bits per heavy atom. The number of hydrogen-bond donors (Lipinski definition) is 1. The van der Waals surface area contributed by atoms with Crippen molar-refractivity contribution in [1.82, 2.24) is 0 Å². The van der Waals surface area contributed by atoms with Gasteiger partial charge in [0.25, 0.3) is 0 Å². The summed E-state index contributed by atoms with van der Waals surface area (Å²) in [4.78, 5) is 0. The molecule has 0 amide bonds.